The van der Waals surface area contributed by atoms with Gasteiger partial charge in [-0.25, -0.2) is 4.39 Å². The summed E-state index contributed by atoms with van der Waals surface area (Å²) in [5.41, 5.74) is 6.15. The molecule has 1 aromatic carbocycles. The van der Waals surface area contributed by atoms with Crippen molar-refractivity contribution in [3.05, 3.63) is 69.6 Å². The summed E-state index contributed by atoms with van der Waals surface area (Å²) in [5, 5.41) is 0. The number of halogens is 1. The zero-order chi connectivity index (χ0) is 18.8. The van der Waals surface area contributed by atoms with E-state index in [9.17, 15) is 13.4 Å². The molecule has 0 spiro atoms. The van der Waals surface area contributed by atoms with Crippen molar-refractivity contribution < 1.29 is 13.4 Å². The first kappa shape index (κ1) is 18.7. The molecule has 4 heteroatoms. The third-order valence-electron chi connectivity index (χ3n) is 5.04. The molecule has 2 nitrogen and oxygen atoms in total. The summed E-state index contributed by atoms with van der Waals surface area (Å²) in [6.07, 6.45) is 7.26. The molecule has 2 aliphatic carbocycles. The molecular formula is C22H23FO2S. The average Bonchev–Trinajstić information content (AvgIpc) is 2.87. The Morgan fingerprint density at radius 1 is 1.23 bits per heavy atom. The molecule has 0 heterocycles. The number of hydrogen-bond donors (Lipinski definition) is 0. The highest BCUT2D eigenvalue weighted by Crippen LogP contribution is 2.45. The lowest BCUT2D eigenvalue weighted by molar-refractivity contribution is -0.118. The zero-order valence-corrected chi connectivity index (χ0v) is 16.2. The predicted octanol–water partition coefficient (Wildman–Crippen LogP) is 5.45. The minimum Gasteiger partial charge on any atom is -0.299 e. The molecule has 0 N–H and O–H groups in total. The lowest BCUT2D eigenvalue weighted by atomic mass is 9.92. The van der Waals surface area contributed by atoms with E-state index >= 15 is 0 Å². The summed E-state index contributed by atoms with van der Waals surface area (Å²) in [6, 6.07) is 7.64. The molecule has 0 aromatic heterocycles. The van der Waals surface area contributed by atoms with Gasteiger partial charge in [-0.3, -0.25) is 9.00 Å². The Morgan fingerprint density at radius 3 is 2.54 bits per heavy atom. The van der Waals surface area contributed by atoms with Crippen LogP contribution < -0.4 is 0 Å². The topological polar surface area (TPSA) is 34.1 Å². The number of Topliss-reactive ketones (excluding diaryl/α,β-unsaturated/α-hetero) is 1. The molecule has 136 valence electrons. The monoisotopic (exact) mass is 370 g/mol. The van der Waals surface area contributed by atoms with Crippen molar-refractivity contribution in [1.82, 2.24) is 0 Å². The molecule has 0 bridgehead atoms. The summed E-state index contributed by atoms with van der Waals surface area (Å²) in [4.78, 5) is 12.8. The van der Waals surface area contributed by atoms with Crippen LogP contribution >= 0.6 is 0 Å². The van der Waals surface area contributed by atoms with Gasteiger partial charge in [-0.1, -0.05) is 19.1 Å². The highest BCUT2D eigenvalue weighted by molar-refractivity contribution is 7.84. The standard InChI is InChI=1S/C22H23FO2S/c1-4-17(24)13-21-14(2)20(19-10-7-16(23)12-22(19)21)11-15-5-8-18(9-6-15)26(3)25/h5-6,8-9,11-12H,4,7,10,13H2,1-3H3/b20-11+. The van der Waals surface area contributed by atoms with Crippen molar-refractivity contribution in [2.24, 2.45) is 0 Å². The van der Waals surface area contributed by atoms with Crippen LogP contribution in [0.5, 0.6) is 0 Å². The van der Waals surface area contributed by atoms with Gasteiger partial charge in [0.05, 0.1) is 0 Å². The quantitative estimate of drug-likeness (QED) is 0.690. The van der Waals surface area contributed by atoms with E-state index in [1.807, 2.05) is 38.1 Å². The second-order valence-electron chi connectivity index (χ2n) is 6.74. The van der Waals surface area contributed by atoms with Crippen molar-refractivity contribution in [1.29, 1.82) is 0 Å². The van der Waals surface area contributed by atoms with E-state index in [0.29, 0.717) is 25.7 Å². The van der Waals surface area contributed by atoms with Crippen LogP contribution in [-0.2, 0) is 15.6 Å². The van der Waals surface area contributed by atoms with E-state index < -0.39 is 10.8 Å². The van der Waals surface area contributed by atoms with Crippen LogP contribution in [0.15, 0.2) is 68.9 Å². The van der Waals surface area contributed by atoms with E-state index in [2.05, 4.69) is 6.08 Å². The third kappa shape index (κ3) is 3.70. The van der Waals surface area contributed by atoms with Gasteiger partial charge in [0.25, 0.3) is 0 Å². The third-order valence-corrected chi connectivity index (χ3v) is 5.97. The summed E-state index contributed by atoms with van der Waals surface area (Å²) < 4.78 is 25.4. The van der Waals surface area contributed by atoms with E-state index in [0.717, 1.165) is 38.3 Å². The van der Waals surface area contributed by atoms with Crippen LogP contribution in [0.4, 0.5) is 4.39 Å². The lowest BCUT2D eigenvalue weighted by Crippen LogP contribution is -2.01. The molecule has 0 aliphatic heterocycles. The van der Waals surface area contributed by atoms with E-state index in [1.165, 1.54) is 0 Å². The van der Waals surface area contributed by atoms with Gasteiger partial charge >= 0.3 is 0 Å². The fourth-order valence-corrected chi connectivity index (χ4v) is 4.02. The maximum atomic E-state index is 13.9. The van der Waals surface area contributed by atoms with Crippen LogP contribution in [0.2, 0.25) is 0 Å². The van der Waals surface area contributed by atoms with Gasteiger partial charge in [0.15, 0.2) is 0 Å². The first-order chi connectivity index (χ1) is 12.4. The first-order valence-electron chi connectivity index (χ1n) is 8.87. The van der Waals surface area contributed by atoms with Gasteiger partial charge in [0, 0.05) is 41.2 Å². The summed E-state index contributed by atoms with van der Waals surface area (Å²) in [5.74, 6) is 0.0515. The molecule has 1 atom stereocenters. The maximum absolute atomic E-state index is 13.9. The molecule has 1 unspecified atom stereocenters. The largest absolute Gasteiger partial charge is 0.299 e. The molecule has 3 rings (SSSR count). The number of benzene rings is 1. The van der Waals surface area contributed by atoms with Gasteiger partial charge < -0.3 is 0 Å². The predicted molar refractivity (Wildman–Crippen MR) is 105 cm³/mol. The van der Waals surface area contributed by atoms with Crippen LogP contribution in [0.1, 0.15) is 45.1 Å². The Kier molecular flexibility index (Phi) is 5.52. The van der Waals surface area contributed by atoms with Crippen molar-refractivity contribution >= 4 is 22.7 Å². The molecular weight excluding hydrogens is 347 g/mol. The molecule has 0 amide bonds. The van der Waals surface area contributed by atoms with Crippen LogP contribution in [-0.4, -0.2) is 16.2 Å². The highest BCUT2D eigenvalue weighted by Gasteiger charge is 2.29. The fourth-order valence-electron chi connectivity index (χ4n) is 3.50. The average molecular weight is 370 g/mol. The zero-order valence-electron chi connectivity index (χ0n) is 15.4. The molecule has 1 aromatic rings. The molecule has 2 aliphatic rings. The van der Waals surface area contributed by atoms with E-state index in [1.54, 1.807) is 12.3 Å². The van der Waals surface area contributed by atoms with E-state index in [-0.39, 0.29) is 11.6 Å². The molecule has 0 saturated heterocycles. The number of carbonyl (C=O) groups excluding carboxylic acids is 1. The Balaban J connectivity index is 2.04. The van der Waals surface area contributed by atoms with Crippen molar-refractivity contribution in [2.75, 3.05) is 6.26 Å². The lowest BCUT2D eigenvalue weighted by Gasteiger charge is -2.14. The first-order valence-corrected chi connectivity index (χ1v) is 10.4. The van der Waals surface area contributed by atoms with Gasteiger partial charge in [0.2, 0.25) is 0 Å². The minimum absolute atomic E-state index is 0.117. The maximum Gasteiger partial charge on any atom is 0.137 e. The van der Waals surface area contributed by atoms with Crippen LogP contribution in [0.3, 0.4) is 0 Å². The number of carbonyl (C=O) groups is 1. The number of allylic oxidation sites excluding steroid dienone is 7. The van der Waals surface area contributed by atoms with Crippen molar-refractivity contribution in [2.45, 2.75) is 44.4 Å². The smallest absolute Gasteiger partial charge is 0.137 e. The Bertz CT molecular complexity index is 899. The molecule has 0 fully saturated rings. The molecule has 0 saturated carbocycles. The fraction of sp³-hybridized carbons (Fsp3) is 0.318. The molecule has 26 heavy (non-hydrogen) atoms. The van der Waals surface area contributed by atoms with Gasteiger partial charge in [0.1, 0.15) is 11.6 Å². The number of ketones is 1. The number of hydrogen-bond acceptors (Lipinski definition) is 2. The second kappa shape index (κ2) is 7.67. The second-order valence-corrected chi connectivity index (χ2v) is 8.12. The Labute approximate surface area is 156 Å². The highest BCUT2D eigenvalue weighted by atomic mass is 32.2. The molecule has 0 radical (unpaired) electrons. The normalized spacial score (nSPS) is 19.7. The Hall–Kier alpha value is -2.07. The van der Waals surface area contributed by atoms with Crippen molar-refractivity contribution in [3.8, 4) is 0 Å². The van der Waals surface area contributed by atoms with Gasteiger partial charge in [-0.15, -0.1) is 0 Å². The summed E-state index contributed by atoms with van der Waals surface area (Å²) in [7, 11) is -0.999. The number of rotatable bonds is 5. The van der Waals surface area contributed by atoms with Crippen LogP contribution in [0, 0.1) is 0 Å². The minimum atomic E-state index is -0.999. The van der Waals surface area contributed by atoms with Gasteiger partial charge in [-0.2, -0.15) is 0 Å². The Morgan fingerprint density at radius 2 is 1.92 bits per heavy atom. The SMILES string of the molecule is CCC(=O)CC1=C(C)/C(=C\c2ccc(S(C)=O)cc2)C2=C1C=C(F)CC2. The van der Waals surface area contributed by atoms with Crippen LogP contribution in [0.25, 0.3) is 6.08 Å². The van der Waals surface area contributed by atoms with Gasteiger partial charge in [-0.05, 0) is 71.1 Å². The summed E-state index contributed by atoms with van der Waals surface area (Å²) >= 11 is 0. The van der Waals surface area contributed by atoms with Crippen molar-refractivity contribution in [3.63, 3.8) is 0 Å². The summed E-state index contributed by atoms with van der Waals surface area (Å²) in [6.45, 7) is 3.87. The van der Waals surface area contributed by atoms with E-state index in [4.69, 9.17) is 0 Å².